The van der Waals surface area contributed by atoms with Gasteiger partial charge < -0.3 is 14.4 Å². The third kappa shape index (κ3) is 3.66. The van der Waals surface area contributed by atoms with Crippen molar-refractivity contribution in [1.82, 2.24) is 0 Å². The van der Waals surface area contributed by atoms with Crippen molar-refractivity contribution in [1.29, 1.82) is 0 Å². The zero-order valence-corrected chi connectivity index (χ0v) is 15.2. The number of primary sulfonamides is 1. The molecule has 1 aliphatic heterocycles. The van der Waals surface area contributed by atoms with E-state index in [4.69, 9.17) is 14.6 Å². The fraction of sp³-hybridized carbons (Fsp3) is 0.278. The van der Waals surface area contributed by atoms with Crippen LogP contribution in [0.5, 0.6) is 11.5 Å². The number of sulfonamides is 1. The molecule has 0 aromatic heterocycles. The van der Waals surface area contributed by atoms with E-state index < -0.39 is 16.0 Å². The largest absolute Gasteiger partial charge is 0.465 e. The summed E-state index contributed by atoms with van der Waals surface area (Å²) in [6.45, 7) is 1.30. The van der Waals surface area contributed by atoms with Gasteiger partial charge in [0.1, 0.15) is 16.3 Å². The predicted octanol–water partition coefficient (Wildman–Crippen LogP) is 2.51. The molecule has 0 saturated carbocycles. The highest BCUT2D eigenvalue weighted by molar-refractivity contribution is 7.89. The van der Waals surface area contributed by atoms with E-state index in [1.807, 2.05) is 23.1 Å². The topological polar surface area (TPSA) is 98.9 Å². The third-order valence-electron chi connectivity index (χ3n) is 4.18. The molecular formula is C18H20N2O5S. The van der Waals surface area contributed by atoms with Crippen molar-refractivity contribution in [2.75, 3.05) is 25.1 Å². The monoisotopic (exact) mass is 376 g/mol. The lowest BCUT2D eigenvalue weighted by atomic mass is 10.1. The van der Waals surface area contributed by atoms with Gasteiger partial charge in [-0.1, -0.05) is 18.2 Å². The van der Waals surface area contributed by atoms with Crippen molar-refractivity contribution in [3.05, 3.63) is 48.0 Å². The molecule has 1 fully saturated rings. The fourth-order valence-corrected chi connectivity index (χ4v) is 4.01. The van der Waals surface area contributed by atoms with Crippen LogP contribution in [-0.4, -0.2) is 34.6 Å². The van der Waals surface area contributed by atoms with Gasteiger partial charge in [0.2, 0.25) is 10.0 Å². The minimum Gasteiger partial charge on any atom is -0.465 e. The van der Waals surface area contributed by atoms with Gasteiger partial charge in [-0.25, -0.2) is 18.4 Å². The highest BCUT2D eigenvalue weighted by Crippen LogP contribution is 2.41. The molecule has 7 nitrogen and oxygen atoms in total. The first-order valence-corrected chi connectivity index (χ1v) is 9.72. The summed E-state index contributed by atoms with van der Waals surface area (Å²) in [6.07, 6.45) is 1.83. The third-order valence-corrected chi connectivity index (χ3v) is 5.16. The summed E-state index contributed by atoms with van der Waals surface area (Å²) in [7, 11) is -3.00. The molecule has 1 aliphatic rings. The molecule has 1 heterocycles. The van der Waals surface area contributed by atoms with Crippen LogP contribution in [0.1, 0.15) is 23.2 Å². The quantitative estimate of drug-likeness (QED) is 0.805. The van der Waals surface area contributed by atoms with Gasteiger partial charge in [-0.3, -0.25) is 0 Å². The second-order valence-corrected chi connectivity index (χ2v) is 7.43. The molecule has 2 N–H and O–H groups in total. The number of methoxy groups -OCH3 is 1. The van der Waals surface area contributed by atoms with Crippen LogP contribution in [0.15, 0.2) is 47.4 Å². The Balaban J connectivity index is 2.22. The van der Waals surface area contributed by atoms with E-state index in [-0.39, 0.29) is 10.5 Å². The number of ether oxygens (including phenoxy) is 2. The predicted molar refractivity (Wildman–Crippen MR) is 97.1 cm³/mol. The molecule has 0 bridgehead atoms. The van der Waals surface area contributed by atoms with Gasteiger partial charge in [0.25, 0.3) is 0 Å². The van der Waals surface area contributed by atoms with Crippen LogP contribution in [0.3, 0.4) is 0 Å². The Morgan fingerprint density at radius 2 is 1.73 bits per heavy atom. The van der Waals surface area contributed by atoms with Gasteiger partial charge in [0.15, 0.2) is 5.75 Å². The van der Waals surface area contributed by atoms with Crippen LogP contribution in [0.4, 0.5) is 5.69 Å². The van der Waals surface area contributed by atoms with E-state index in [0.29, 0.717) is 30.3 Å². The van der Waals surface area contributed by atoms with Gasteiger partial charge >= 0.3 is 5.97 Å². The number of esters is 1. The first kappa shape index (κ1) is 18.2. The smallest absolute Gasteiger partial charge is 0.339 e. The molecule has 8 heteroatoms. The van der Waals surface area contributed by atoms with Crippen molar-refractivity contribution < 1.29 is 22.7 Å². The highest BCUT2D eigenvalue weighted by atomic mass is 32.2. The number of hydrogen-bond acceptors (Lipinski definition) is 6. The van der Waals surface area contributed by atoms with Gasteiger partial charge in [0.05, 0.1) is 12.7 Å². The molecule has 0 atom stereocenters. The van der Waals surface area contributed by atoms with Crippen molar-refractivity contribution in [2.24, 2.45) is 5.14 Å². The lowest BCUT2D eigenvalue weighted by molar-refractivity contribution is 0.0596. The number of carbonyl (C=O) groups excluding carboxylic acids is 1. The molecule has 3 rings (SSSR count). The molecular weight excluding hydrogens is 356 g/mol. The summed E-state index contributed by atoms with van der Waals surface area (Å²) >= 11 is 0. The number of anilines is 1. The Morgan fingerprint density at radius 3 is 2.31 bits per heavy atom. The molecule has 0 aliphatic carbocycles. The van der Waals surface area contributed by atoms with Crippen LogP contribution < -0.4 is 14.8 Å². The Kier molecular flexibility index (Phi) is 5.15. The maximum Gasteiger partial charge on any atom is 0.339 e. The molecule has 0 spiro atoms. The number of para-hydroxylation sites is 1. The van der Waals surface area contributed by atoms with Crippen molar-refractivity contribution in [3.63, 3.8) is 0 Å². The Labute approximate surface area is 152 Å². The SMILES string of the molecule is COC(=O)c1ccc(Oc2ccccc2)c(N2CCCC2)c1S(N)(=O)=O. The normalized spacial score (nSPS) is 14.3. The number of hydrogen-bond donors (Lipinski definition) is 1. The summed E-state index contributed by atoms with van der Waals surface area (Å²) in [5.41, 5.74) is 0.203. The lowest BCUT2D eigenvalue weighted by Crippen LogP contribution is -2.26. The number of nitrogens with two attached hydrogens (primary N) is 1. The molecule has 0 radical (unpaired) electrons. The van der Waals surface area contributed by atoms with E-state index in [9.17, 15) is 13.2 Å². The second kappa shape index (κ2) is 7.35. The van der Waals surface area contributed by atoms with Crippen LogP contribution >= 0.6 is 0 Å². The van der Waals surface area contributed by atoms with E-state index in [1.165, 1.54) is 13.2 Å². The number of nitrogens with zero attached hydrogens (tertiary/aromatic N) is 1. The summed E-state index contributed by atoms with van der Waals surface area (Å²) in [4.78, 5) is 13.7. The van der Waals surface area contributed by atoms with Crippen LogP contribution in [0.2, 0.25) is 0 Å². The molecule has 138 valence electrons. The number of carbonyl (C=O) groups is 1. The second-order valence-electron chi connectivity index (χ2n) is 5.93. The summed E-state index contributed by atoms with van der Waals surface area (Å²) in [5, 5.41) is 5.46. The molecule has 2 aromatic carbocycles. The van der Waals surface area contributed by atoms with Crippen molar-refractivity contribution in [2.45, 2.75) is 17.7 Å². The minimum atomic E-state index is -4.19. The summed E-state index contributed by atoms with van der Waals surface area (Å²) in [5.74, 6) is 0.120. The highest BCUT2D eigenvalue weighted by Gasteiger charge is 2.31. The van der Waals surface area contributed by atoms with E-state index >= 15 is 0 Å². The average molecular weight is 376 g/mol. The Hall–Kier alpha value is -2.58. The maximum absolute atomic E-state index is 12.3. The van der Waals surface area contributed by atoms with Crippen molar-refractivity contribution in [3.8, 4) is 11.5 Å². The van der Waals surface area contributed by atoms with Crippen LogP contribution in [-0.2, 0) is 14.8 Å². The zero-order valence-electron chi connectivity index (χ0n) is 14.3. The van der Waals surface area contributed by atoms with E-state index in [1.54, 1.807) is 18.2 Å². The van der Waals surface area contributed by atoms with Gasteiger partial charge in [-0.15, -0.1) is 0 Å². The molecule has 1 saturated heterocycles. The van der Waals surface area contributed by atoms with Gasteiger partial charge in [-0.05, 0) is 37.1 Å². The molecule has 0 amide bonds. The van der Waals surface area contributed by atoms with E-state index in [0.717, 1.165) is 12.8 Å². The number of rotatable bonds is 5. The molecule has 0 unspecified atom stereocenters. The molecule has 2 aromatic rings. The lowest BCUT2D eigenvalue weighted by Gasteiger charge is -2.25. The number of benzene rings is 2. The maximum atomic E-state index is 12.3. The first-order chi connectivity index (χ1) is 12.4. The van der Waals surface area contributed by atoms with Crippen LogP contribution in [0.25, 0.3) is 0 Å². The zero-order chi connectivity index (χ0) is 18.7. The van der Waals surface area contributed by atoms with Gasteiger partial charge in [-0.2, -0.15) is 0 Å². The average Bonchev–Trinajstić information content (AvgIpc) is 3.15. The first-order valence-electron chi connectivity index (χ1n) is 8.18. The Morgan fingerprint density at radius 1 is 1.08 bits per heavy atom. The fourth-order valence-electron chi connectivity index (χ4n) is 3.05. The standard InChI is InChI=1S/C18H20N2O5S/c1-24-18(21)14-9-10-15(25-13-7-3-2-4-8-13)16(17(14)26(19,22)23)20-11-5-6-12-20/h2-4,7-10H,5-6,11-12H2,1H3,(H2,19,22,23). The van der Waals surface area contributed by atoms with E-state index in [2.05, 4.69) is 0 Å². The summed E-state index contributed by atoms with van der Waals surface area (Å²) < 4.78 is 35.3. The molecule has 26 heavy (non-hydrogen) atoms. The minimum absolute atomic E-state index is 0.0997. The Bertz CT molecular complexity index is 907. The summed E-state index contributed by atoms with van der Waals surface area (Å²) in [6, 6.07) is 11.9. The van der Waals surface area contributed by atoms with Gasteiger partial charge in [0, 0.05) is 13.1 Å². The van der Waals surface area contributed by atoms with Crippen molar-refractivity contribution >= 4 is 21.7 Å². The van der Waals surface area contributed by atoms with Crippen LogP contribution in [0, 0.1) is 0 Å².